The van der Waals surface area contributed by atoms with Crippen molar-refractivity contribution in [2.45, 2.75) is 24.2 Å². The molecule has 1 amide bonds. The van der Waals surface area contributed by atoms with E-state index in [0.29, 0.717) is 24.3 Å². The van der Waals surface area contributed by atoms with E-state index in [1.807, 2.05) is 0 Å². The van der Waals surface area contributed by atoms with Gasteiger partial charge in [0.1, 0.15) is 9.77 Å². The molecule has 1 saturated heterocycles. The summed E-state index contributed by atoms with van der Waals surface area (Å²) in [6.45, 7) is 0.953. The molecular weight excluding hydrogens is 376 g/mol. The minimum Gasteiger partial charge on any atom is -0.481 e. The number of nitrogens with zero attached hydrogens (tertiary/aromatic N) is 1. The van der Waals surface area contributed by atoms with Gasteiger partial charge in [-0.05, 0) is 42.0 Å². The van der Waals surface area contributed by atoms with Gasteiger partial charge in [-0.2, -0.15) is 4.31 Å². The highest BCUT2D eigenvalue weighted by Gasteiger charge is 2.31. The zero-order valence-corrected chi connectivity index (χ0v) is 15.5. The number of amides is 1. The maximum Gasteiger partial charge on any atom is 0.307 e. The molecular formula is C17H18N2O5S2. The lowest BCUT2D eigenvalue weighted by atomic mass is 10.1. The van der Waals surface area contributed by atoms with Gasteiger partial charge >= 0.3 is 5.97 Å². The van der Waals surface area contributed by atoms with E-state index in [0.717, 1.165) is 24.2 Å². The Kier molecular flexibility index (Phi) is 5.40. The van der Waals surface area contributed by atoms with E-state index >= 15 is 0 Å². The van der Waals surface area contributed by atoms with E-state index in [4.69, 9.17) is 5.11 Å². The van der Waals surface area contributed by atoms with Crippen LogP contribution in [-0.4, -0.2) is 42.8 Å². The van der Waals surface area contributed by atoms with Gasteiger partial charge < -0.3 is 10.4 Å². The lowest BCUT2D eigenvalue weighted by Crippen LogP contribution is -2.29. The highest BCUT2D eigenvalue weighted by molar-refractivity contribution is 7.89. The summed E-state index contributed by atoms with van der Waals surface area (Å²) in [5.41, 5.74) is 1.09. The second-order valence-electron chi connectivity index (χ2n) is 5.95. The number of carbonyl (C=O) groups is 2. The lowest BCUT2D eigenvalue weighted by Gasteiger charge is -2.15. The van der Waals surface area contributed by atoms with E-state index in [-0.39, 0.29) is 16.2 Å². The second-order valence-corrected chi connectivity index (χ2v) is 8.77. The quantitative estimate of drug-likeness (QED) is 0.783. The molecule has 1 aliphatic rings. The number of rotatable bonds is 6. The average Bonchev–Trinajstić information content (AvgIpc) is 3.28. The van der Waals surface area contributed by atoms with Gasteiger partial charge in [-0.25, -0.2) is 8.42 Å². The van der Waals surface area contributed by atoms with Crippen LogP contribution in [0.15, 0.2) is 40.6 Å². The number of carboxylic acids is 1. The van der Waals surface area contributed by atoms with Crippen molar-refractivity contribution in [3.8, 4) is 0 Å². The number of benzene rings is 1. The smallest absolute Gasteiger partial charge is 0.307 e. The van der Waals surface area contributed by atoms with Gasteiger partial charge in [0.15, 0.2) is 0 Å². The normalized spacial score (nSPS) is 15.1. The molecule has 2 heterocycles. The number of carbonyl (C=O) groups excluding carboxylic acids is 1. The maximum atomic E-state index is 12.7. The highest BCUT2D eigenvalue weighted by atomic mass is 32.2. The molecule has 1 aromatic carbocycles. The van der Waals surface area contributed by atoms with Crippen molar-refractivity contribution in [1.29, 1.82) is 0 Å². The lowest BCUT2D eigenvalue weighted by molar-refractivity contribution is -0.136. The zero-order chi connectivity index (χ0) is 18.7. The predicted molar refractivity (Wildman–Crippen MR) is 98.0 cm³/mol. The molecule has 0 saturated carbocycles. The van der Waals surface area contributed by atoms with E-state index in [1.54, 1.807) is 29.6 Å². The molecule has 9 heteroatoms. The Balaban J connectivity index is 1.77. The summed E-state index contributed by atoms with van der Waals surface area (Å²) in [7, 11) is -3.67. The Morgan fingerprint density at radius 2 is 1.77 bits per heavy atom. The Hall–Kier alpha value is -2.23. The molecule has 1 fully saturated rings. The first-order chi connectivity index (χ1) is 12.4. The molecule has 7 nitrogen and oxygen atoms in total. The van der Waals surface area contributed by atoms with E-state index in [9.17, 15) is 18.0 Å². The van der Waals surface area contributed by atoms with Crippen molar-refractivity contribution in [3.05, 3.63) is 46.2 Å². The summed E-state index contributed by atoms with van der Waals surface area (Å²) in [4.78, 5) is 23.4. The molecule has 26 heavy (non-hydrogen) atoms. The Morgan fingerprint density at radius 1 is 1.12 bits per heavy atom. The third-order valence-electron chi connectivity index (χ3n) is 4.09. The van der Waals surface area contributed by atoms with Crippen LogP contribution in [0.25, 0.3) is 0 Å². The number of sulfonamides is 1. The highest BCUT2D eigenvalue weighted by Crippen LogP contribution is 2.28. The molecule has 2 N–H and O–H groups in total. The minimum absolute atomic E-state index is 0.0318. The van der Waals surface area contributed by atoms with Crippen molar-refractivity contribution in [2.24, 2.45) is 0 Å². The summed E-state index contributed by atoms with van der Waals surface area (Å²) in [5.74, 6) is -1.43. The fourth-order valence-electron chi connectivity index (χ4n) is 2.80. The molecule has 0 radical (unpaired) electrons. The van der Waals surface area contributed by atoms with Gasteiger partial charge in [-0.15, -0.1) is 11.3 Å². The Morgan fingerprint density at radius 3 is 2.38 bits per heavy atom. The van der Waals surface area contributed by atoms with Crippen LogP contribution in [0.4, 0.5) is 5.69 Å². The second kappa shape index (κ2) is 7.56. The number of anilines is 1. The molecule has 0 spiro atoms. The number of thiophene rings is 1. The van der Waals surface area contributed by atoms with Gasteiger partial charge in [-0.1, -0.05) is 12.1 Å². The molecule has 1 aliphatic heterocycles. The van der Waals surface area contributed by atoms with Gasteiger partial charge in [0, 0.05) is 18.8 Å². The van der Waals surface area contributed by atoms with E-state index in [2.05, 4.69) is 5.32 Å². The molecule has 0 aliphatic carbocycles. The number of hydrogen-bond acceptors (Lipinski definition) is 5. The largest absolute Gasteiger partial charge is 0.481 e. The molecule has 3 rings (SSSR count). The summed E-state index contributed by atoms with van der Waals surface area (Å²) in [6.07, 6.45) is 1.55. The predicted octanol–water partition coefficient (Wildman–Crippen LogP) is 2.41. The molecule has 0 unspecified atom stereocenters. The first kappa shape index (κ1) is 18.6. The molecule has 2 aromatic rings. The summed E-state index contributed by atoms with van der Waals surface area (Å²) in [6, 6.07) is 7.88. The van der Waals surface area contributed by atoms with Crippen LogP contribution in [-0.2, 0) is 21.2 Å². The van der Waals surface area contributed by atoms with Gasteiger partial charge in [-0.3, -0.25) is 9.59 Å². The van der Waals surface area contributed by atoms with Crippen LogP contribution >= 0.6 is 11.3 Å². The fourth-order valence-corrected chi connectivity index (χ4v) is 5.62. The summed E-state index contributed by atoms with van der Waals surface area (Å²) >= 11 is 1.08. The number of hydrogen-bond donors (Lipinski definition) is 2. The van der Waals surface area contributed by atoms with E-state index in [1.165, 1.54) is 10.4 Å². The van der Waals surface area contributed by atoms with Crippen molar-refractivity contribution < 1.29 is 23.1 Å². The van der Waals surface area contributed by atoms with Crippen LogP contribution in [0.3, 0.4) is 0 Å². The number of nitrogens with one attached hydrogen (secondary N) is 1. The molecule has 138 valence electrons. The van der Waals surface area contributed by atoms with Crippen LogP contribution in [0.1, 0.15) is 28.1 Å². The third kappa shape index (κ3) is 3.95. The minimum atomic E-state index is -3.67. The number of carboxylic acid groups (broad SMARTS) is 1. The van der Waals surface area contributed by atoms with Crippen molar-refractivity contribution in [3.63, 3.8) is 0 Å². The van der Waals surface area contributed by atoms with Gasteiger partial charge in [0.05, 0.1) is 6.42 Å². The molecule has 0 atom stereocenters. The third-order valence-corrected chi connectivity index (χ3v) is 7.07. The summed E-state index contributed by atoms with van der Waals surface area (Å²) < 4.78 is 26.8. The van der Waals surface area contributed by atoms with Crippen molar-refractivity contribution >= 4 is 38.9 Å². The standard InChI is InChI=1S/C17H18N2O5S2/c20-15(21)11-12-3-5-13(6-4-12)18-17(22)16-14(7-10-25-16)26(23,24)19-8-1-2-9-19/h3-7,10H,1-2,8-9,11H2,(H,18,22)(H,20,21). The fraction of sp³-hybridized carbons (Fsp3) is 0.294. The zero-order valence-electron chi connectivity index (χ0n) is 13.8. The molecule has 1 aromatic heterocycles. The number of aliphatic carboxylic acids is 1. The van der Waals surface area contributed by atoms with E-state index < -0.39 is 21.9 Å². The van der Waals surface area contributed by atoms with Crippen LogP contribution in [0.5, 0.6) is 0 Å². The summed E-state index contributed by atoms with van der Waals surface area (Å²) in [5, 5.41) is 13.0. The average molecular weight is 394 g/mol. The first-order valence-electron chi connectivity index (χ1n) is 8.07. The first-order valence-corrected chi connectivity index (χ1v) is 10.4. The Bertz CT molecular complexity index is 913. The maximum absolute atomic E-state index is 12.7. The van der Waals surface area contributed by atoms with Crippen LogP contribution < -0.4 is 5.32 Å². The monoisotopic (exact) mass is 394 g/mol. The van der Waals surface area contributed by atoms with Crippen molar-refractivity contribution in [2.75, 3.05) is 18.4 Å². The van der Waals surface area contributed by atoms with Gasteiger partial charge in [0.2, 0.25) is 10.0 Å². The van der Waals surface area contributed by atoms with Gasteiger partial charge in [0.25, 0.3) is 5.91 Å². The van der Waals surface area contributed by atoms with Crippen LogP contribution in [0.2, 0.25) is 0 Å². The SMILES string of the molecule is O=C(O)Cc1ccc(NC(=O)c2sccc2S(=O)(=O)N2CCCC2)cc1. The molecule has 0 bridgehead atoms. The van der Waals surface area contributed by atoms with Crippen molar-refractivity contribution in [1.82, 2.24) is 4.31 Å². The topological polar surface area (TPSA) is 104 Å². The Labute approximate surface area is 155 Å². The van der Waals surface area contributed by atoms with Crippen LogP contribution in [0, 0.1) is 0 Å².